The Hall–Kier alpha value is -1.04. The maximum absolute atomic E-state index is 12.6. The fourth-order valence-corrected chi connectivity index (χ4v) is 2.64. The van der Waals surface area contributed by atoms with Gasteiger partial charge in [-0.3, -0.25) is 4.79 Å². The molecule has 5 nitrogen and oxygen atoms in total. The van der Waals surface area contributed by atoms with E-state index >= 15 is 0 Å². The standard InChI is InChI=1S/C14H22ClN3O2/c1-3-4-17-8-11(15)7-12(17)14(19)18-5-6-20-13(9-18)10(2)16/h7-8,10,13H,3-6,9,16H2,1-2H3. The summed E-state index contributed by atoms with van der Waals surface area (Å²) in [6.45, 7) is 6.41. The number of carbonyl (C=O) groups is 1. The monoisotopic (exact) mass is 299 g/mol. The van der Waals surface area contributed by atoms with Crippen LogP contribution >= 0.6 is 11.6 Å². The normalized spacial score (nSPS) is 21.0. The lowest BCUT2D eigenvalue weighted by molar-refractivity contribution is -0.0303. The van der Waals surface area contributed by atoms with Crippen LogP contribution in [0.4, 0.5) is 0 Å². The molecule has 0 bridgehead atoms. The zero-order valence-electron chi connectivity index (χ0n) is 12.0. The Morgan fingerprint density at radius 1 is 1.65 bits per heavy atom. The highest BCUT2D eigenvalue weighted by atomic mass is 35.5. The van der Waals surface area contributed by atoms with Crippen molar-refractivity contribution < 1.29 is 9.53 Å². The van der Waals surface area contributed by atoms with E-state index < -0.39 is 0 Å². The summed E-state index contributed by atoms with van der Waals surface area (Å²) in [5, 5.41) is 0.596. The number of morpholine rings is 1. The van der Waals surface area contributed by atoms with Crippen LogP contribution in [0.15, 0.2) is 12.3 Å². The first-order valence-electron chi connectivity index (χ1n) is 7.05. The molecule has 2 heterocycles. The fraction of sp³-hybridized carbons (Fsp3) is 0.643. The number of nitrogens with two attached hydrogens (primary N) is 1. The van der Waals surface area contributed by atoms with Crippen molar-refractivity contribution in [2.24, 2.45) is 5.73 Å². The number of carbonyl (C=O) groups excluding carboxylic acids is 1. The smallest absolute Gasteiger partial charge is 0.270 e. The number of aryl methyl sites for hydroxylation is 1. The van der Waals surface area contributed by atoms with E-state index in [0.717, 1.165) is 13.0 Å². The van der Waals surface area contributed by atoms with Crippen LogP contribution in [0.2, 0.25) is 5.02 Å². The molecule has 112 valence electrons. The number of aromatic nitrogens is 1. The molecule has 0 saturated carbocycles. The summed E-state index contributed by atoms with van der Waals surface area (Å²) in [5.74, 6) is -0.000648. The van der Waals surface area contributed by atoms with Crippen molar-refractivity contribution in [2.75, 3.05) is 19.7 Å². The van der Waals surface area contributed by atoms with Gasteiger partial charge in [-0.25, -0.2) is 0 Å². The Morgan fingerprint density at radius 3 is 3.05 bits per heavy atom. The van der Waals surface area contributed by atoms with Crippen molar-refractivity contribution in [2.45, 2.75) is 39.0 Å². The number of hydrogen-bond acceptors (Lipinski definition) is 3. The molecular weight excluding hydrogens is 278 g/mol. The van der Waals surface area contributed by atoms with Crippen LogP contribution in [0.25, 0.3) is 0 Å². The zero-order chi connectivity index (χ0) is 14.7. The topological polar surface area (TPSA) is 60.5 Å². The van der Waals surface area contributed by atoms with Gasteiger partial charge in [0.15, 0.2) is 0 Å². The molecular formula is C14H22ClN3O2. The Balaban J connectivity index is 2.14. The molecule has 0 aromatic carbocycles. The van der Waals surface area contributed by atoms with Crippen LogP contribution in [0.1, 0.15) is 30.8 Å². The zero-order valence-corrected chi connectivity index (χ0v) is 12.8. The van der Waals surface area contributed by atoms with Gasteiger partial charge in [-0.15, -0.1) is 0 Å². The summed E-state index contributed by atoms with van der Waals surface area (Å²) in [5.41, 5.74) is 6.50. The van der Waals surface area contributed by atoms with Crippen LogP contribution in [0.3, 0.4) is 0 Å². The van der Waals surface area contributed by atoms with Crippen LogP contribution in [0, 0.1) is 0 Å². The molecule has 0 spiro atoms. The van der Waals surface area contributed by atoms with E-state index in [4.69, 9.17) is 22.1 Å². The predicted molar refractivity (Wildman–Crippen MR) is 79.0 cm³/mol. The van der Waals surface area contributed by atoms with E-state index in [1.807, 2.05) is 17.7 Å². The van der Waals surface area contributed by atoms with Gasteiger partial charge in [-0.05, 0) is 19.4 Å². The van der Waals surface area contributed by atoms with Gasteiger partial charge in [0.1, 0.15) is 5.69 Å². The van der Waals surface area contributed by atoms with Gasteiger partial charge in [0.2, 0.25) is 0 Å². The third kappa shape index (κ3) is 3.34. The lowest BCUT2D eigenvalue weighted by Gasteiger charge is -2.34. The van der Waals surface area contributed by atoms with Crippen LogP contribution in [-0.4, -0.2) is 47.2 Å². The molecule has 1 aromatic heterocycles. The molecule has 1 saturated heterocycles. The average Bonchev–Trinajstić information content (AvgIpc) is 2.79. The van der Waals surface area contributed by atoms with Crippen molar-refractivity contribution >= 4 is 17.5 Å². The lowest BCUT2D eigenvalue weighted by atomic mass is 10.1. The van der Waals surface area contributed by atoms with Crippen molar-refractivity contribution in [3.63, 3.8) is 0 Å². The molecule has 1 fully saturated rings. The molecule has 6 heteroatoms. The minimum Gasteiger partial charge on any atom is -0.373 e. The molecule has 1 aromatic rings. The Bertz CT molecular complexity index is 473. The third-order valence-electron chi connectivity index (χ3n) is 3.51. The third-order valence-corrected chi connectivity index (χ3v) is 3.72. The van der Waals surface area contributed by atoms with Gasteiger partial charge >= 0.3 is 0 Å². The van der Waals surface area contributed by atoms with E-state index in [-0.39, 0.29) is 18.1 Å². The predicted octanol–water partition coefficient (Wildman–Crippen LogP) is 1.74. The average molecular weight is 300 g/mol. The second-order valence-corrected chi connectivity index (χ2v) is 5.69. The fourth-order valence-electron chi connectivity index (χ4n) is 2.42. The molecule has 0 aliphatic carbocycles. The number of halogens is 1. The first-order valence-corrected chi connectivity index (χ1v) is 7.42. The summed E-state index contributed by atoms with van der Waals surface area (Å²) in [6.07, 6.45) is 2.66. The van der Waals surface area contributed by atoms with Gasteiger partial charge in [0.05, 0.1) is 17.7 Å². The molecule has 20 heavy (non-hydrogen) atoms. The minimum atomic E-state index is -0.0993. The van der Waals surface area contributed by atoms with E-state index in [0.29, 0.717) is 30.4 Å². The van der Waals surface area contributed by atoms with Gasteiger partial charge in [0.25, 0.3) is 5.91 Å². The number of hydrogen-bond donors (Lipinski definition) is 1. The summed E-state index contributed by atoms with van der Waals surface area (Å²) in [7, 11) is 0. The van der Waals surface area contributed by atoms with Gasteiger partial charge in [0, 0.05) is 31.9 Å². The maximum atomic E-state index is 12.6. The summed E-state index contributed by atoms with van der Waals surface area (Å²) < 4.78 is 7.50. The van der Waals surface area contributed by atoms with Crippen molar-refractivity contribution in [1.82, 2.24) is 9.47 Å². The summed E-state index contributed by atoms with van der Waals surface area (Å²) in [6, 6.07) is 1.65. The van der Waals surface area contributed by atoms with Crippen LogP contribution in [0.5, 0.6) is 0 Å². The van der Waals surface area contributed by atoms with E-state index in [1.165, 1.54) is 0 Å². The largest absolute Gasteiger partial charge is 0.373 e. The quantitative estimate of drug-likeness (QED) is 0.921. The van der Waals surface area contributed by atoms with Crippen LogP contribution < -0.4 is 5.73 Å². The van der Waals surface area contributed by atoms with Crippen LogP contribution in [-0.2, 0) is 11.3 Å². The molecule has 2 atom stereocenters. The highest BCUT2D eigenvalue weighted by molar-refractivity contribution is 6.31. The van der Waals surface area contributed by atoms with E-state index in [1.54, 1.807) is 11.0 Å². The molecule has 2 unspecified atom stereocenters. The Labute approximate surface area is 124 Å². The maximum Gasteiger partial charge on any atom is 0.270 e. The molecule has 0 radical (unpaired) electrons. The Morgan fingerprint density at radius 2 is 2.40 bits per heavy atom. The molecule has 1 aliphatic heterocycles. The molecule has 1 aliphatic rings. The summed E-state index contributed by atoms with van der Waals surface area (Å²) >= 11 is 6.03. The number of ether oxygens (including phenoxy) is 1. The number of nitrogens with zero attached hydrogens (tertiary/aromatic N) is 2. The van der Waals surface area contributed by atoms with Gasteiger partial charge < -0.3 is 19.9 Å². The second kappa shape index (κ2) is 6.61. The first-order chi connectivity index (χ1) is 9.52. The van der Waals surface area contributed by atoms with Crippen molar-refractivity contribution in [3.05, 3.63) is 23.0 Å². The highest BCUT2D eigenvalue weighted by Gasteiger charge is 2.28. The number of amides is 1. The highest BCUT2D eigenvalue weighted by Crippen LogP contribution is 2.18. The SMILES string of the molecule is CCCn1cc(Cl)cc1C(=O)N1CCOC(C(C)N)C1. The van der Waals surface area contributed by atoms with Gasteiger partial charge in [-0.1, -0.05) is 18.5 Å². The van der Waals surface area contributed by atoms with E-state index in [9.17, 15) is 4.79 Å². The molecule has 1 amide bonds. The molecule has 2 N–H and O–H groups in total. The minimum absolute atomic E-state index is 0.000648. The second-order valence-electron chi connectivity index (χ2n) is 5.26. The Kier molecular flexibility index (Phi) is 5.07. The van der Waals surface area contributed by atoms with Gasteiger partial charge in [-0.2, -0.15) is 0 Å². The van der Waals surface area contributed by atoms with Crippen molar-refractivity contribution in [1.29, 1.82) is 0 Å². The van der Waals surface area contributed by atoms with E-state index in [2.05, 4.69) is 6.92 Å². The number of rotatable bonds is 4. The summed E-state index contributed by atoms with van der Waals surface area (Å²) in [4.78, 5) is 14.4. The lowest BCUT2D eigenvalue weighted by Crippen LogP contribution is -2.51. The van der Waals surface area contributed by atoms with Crippen molar-refractivity contribution in [3.8, 4) is 0 Å². The first kappa shape index (κ1) is 15.4. The molecule has 2 rings (SSSR count).